The summed E-state index contributed by atoms with van der Waals surface area (Å²) in [6.07, 6.45) is 1.71. The van der Waals surface area contributed by atoms with Gasteiger partial charge < -0.3 is 15.0 Å². The van der Waals surface area contributed by atoms with Crippen LogP contribution in [0.3, 0.4) is 0 Å². The molecule has 2 rings (SSSR count). The average molecular weight is 431 g/mol. The first-order valence-electron chi connectivity index (χ1n) is 9.59. The number of hydrogen-bond donors (Lipinski definition) is 1. The standard InChI is InChI=1S/C18H30N4O4S2/c1-4-19-18(22-11-6-8-15(14-22)17(23)26-5-2)20-10-12-21(3)28(24,25)16-9-7-13-27-16/h7,9,13,15H,4-6,8,10-12,14H2,1-3H3,(H,19,20)/t15-/m1/s1. The number of aliphatic imine (C=N–C) groups is 1. The molecule has 28 heavy (non-hydrogen) atoms. The molecule has 1 atom stereocenters. The number of guanidine groups is 1. The number of rotatable bonds is 8. The maximum atomic E-state index is 12.5. The molecule has 8 nitrogen and oxygen atoms in total. The number of nitrogens with zero attached hydrogens (tertiary/aromatic N) is 3. The molecule has 0 aromatic carbocycles. The van der Waals surface area contributed by atoms with E-state index in [9.17, 15) is 13.2 Å². The van der Waals surface area contributed by atoms with Crippen LogP contribution in [0.25, 0.3) is 0 Å². The molecule has 1 N–H and O–H groups in total. The highest BCUT2D eigenvalue weighted by Gasteiger charge is 2.28. The normalized spacial score (nSPS) is 18.4. The Kier molecular flexibility index (Phi) is 8.71. The van der Waals surface area contributed by atoms with Crippen molar-refractivity contribution in [1.29, 1.82) is 0 Å². The second kappa shape index (κ2) is 10.8. The second-order valence-corrected chi connectivity index (χ2v) is 9.75. The van der Waals surface area contributed by atoms with Gasteiger partial charge in [-0.3, -0.25) is 9.79 Å². The molecule has 0 radical (unpaired) electrons. The molecule has 0 aliphatic carbocycles. The molecule has 2 heterocycles. The van der Waals surface area contributed by atoms with E-state index < -0.39 is 10.0 Å². The van der Waals surface area contributed by atoms with Crippen molar-refractivity contribution >= 4 is 33.3 Å². The predicted octanol–water partition coefficient (Wildman–Crippen LogP) is 1.61. The van der Waals surface area contributed by atoms with Crippen LogP contribution in [0.5, 0.6) is 0 Å². The van der Waals surface area contributed by atoms with Gasteiger partial charge in [0.05, 0.1) is 19.1 Å². The molecule has 1 aromatic heterocycles. The topological polar surface area (TPSA) is 91.3 Å². The van der Waals surface area contributed by atoms with Crippen LogP contribution >= 0.6 is 11.3 Å². The molecule has 1 fully saturated rings. The highest BCUT2D eigenvalue weighted by molar-refractivity contribution is 7.91. The zero-order chi connectivity index (χ0) is 20.6. The molecule has 1 saturated heterocycles. The molecule has 0 spiro atoms. The Morgan fingerprint density at radius 2 is 2.25 bits per heavy atom. The number of esters is 1. The molecule has 1 aromatic rings. The number of sulfonamides is 1. The Morgan fingerprint density at radius 3 is 2.89 bits per heavy atom. The third-order valence-electron chi connectivity index (χ3n) is 4.51. The van der Waals surface area contributed by atoms with Gasteiger partial charge in [0.2, 0.25) is 0 Å². The van der Waals surface area contributed by atoms with Gasteiger partial charge in [0.25, 0.3) is 10.0 Å². The number of hydrogen-bond acceptors (Lipinski definition) is 6. The van der Waals surface area contributed by atoms with Gasteiger partial charge in [-0.1, -0.05) is 6.07 Å². The number of carbonyl (C=O) groups excluding carboxylic acids is 1. The minimum atomic E-state index is -3.47. The number of ether oxygens (including phenoxy) is 1. The highest BCUT2D eigenvalue weighted by Crippen LogP contribution is 2.20. The van der Waals surface area contributed by atoms with Crippen LogP contribution in [0.4, 0.5) is 0 Å². The Labute approximate surface area is 171 Å². The number of likely N-dealkylation sites (tertiary alicyclic amines) is 1. The average Bonchev–Trinajstić information content (AvgIpc) is 3.23. The lowest BCUT2D eigenvalue weighted by molar-refractivity contribution is -0.149. The van der Waals surface area contributed by atoms with Gasteiger partial charge in [-0.05, 0) is 38.1 Å². The minimum Gasteiger partial charge on any atom is -0.466 e. The van der Waals surface area contributed by atoms with E-state index in [-0.39, 0.29) is 18.4 Å². The van der Waals surface area contributed by atoms with Crippen molar-refractivity contribution in [2.75, 3.05) is 46.4 Å². The van der Waals surface area contributed by atoms with Crippen LogP contribution in [0.2, 0.25) is 0 Å². The summed E-state index contributed by atoms with van der Waals surface area (Å²) in [7, 11) is -1.91. The van der Waals surface area contributed by atoms with Crippen molar-refractivity contribution in [1.82, 2.24) is 14.5 Å². The van der Waals surface area contributed by atoms with Gasteiger partial charge in [-0.25, -0.2) is 8.42 Å². The first-order chi connectivity index (χ1) is 13.4. The monoisotopic (exact) mass is 430 g/mol. The smallest absolute Gasteiger partial charge is 0.310 e. The Balaban J connectivity index is 1.99. The van der Waals surface area contributed by atoms with Gasteiger partial charge in [-0.2, -0.15) is 4.31 Å². The summed E-state index contributed by atoms with van der Waals surface area (Å²) < 4.78 is 31.8. The SMILES string of the molecule is CCNC(=NCCN(C)S(=O)(=O)c1cccs1)N1CCC[C@@H](C(=O)OCC)C1. The third kappa shape index (κ3) is 5.92. The van der Waals surface area contributed by atoms with E-state index >= 15 is 0 Å². The predicted molar refractivity (Wildman–Crippen MR) is 111 cm³/mol. The molecular weight excluding hydrogens is 400 g/mol. The molecule has 10 heteroatoms. The summed E-state index contributed by atoms with van der Waals surface area (Å²) >= 11 is 1.21. The van der Waals surface area contributed by atoms with Gasteiger partial charge in [0.15, 0.2) is 5.96 Å². The van der Waals surface area contributed by atoms with E-state index in [1.54, 1.807) is 24.6 Å². The van der Waals surface area contributed by atoms with Crippen molar-refractivity contribution in [3.8, 4) is 0 Å². The molecule has 1 aliphatic heterocycles. The lowest BCUT2D eigenvalue weighted by atomic mass is 9.98. The second-order valence-electron chi connectivity index (χ2n) is 6.53. The highest BCUT2D eigenvalue weighted by atomic mass is 32.2. The van der Waals surface area contributed by atoms with Gasteiger partial charge >= 0.3 is 5.97 Å². The molecule has 158 valence electrons. The number of thiophene rings is 1. The van der Waals surface area contributed by atoms with Crippen LogP contribution in [0.1, 0.15) is 26.7 Å². The van der Waals surface area contributed by atoms with Crippen molar-refractivity contribution in [2.24, 2.45) is 10.9 Å². The summed E-state index contributed by atoms with van der Waals surface area (Å²) in [5.74, 6) is 0.391. The van der Waals surface area contributed by atoms with Crippen LogP contribution in [0, 0.1) is 5.92 Å². The summed E-state index contributed by atoms with van der Waals surface area (Å²) in [4.78, 5) is 18.7. The van der Waals surface area contributed by atoms with E-state index in [4.69, 9.17) is 4.74 Å². The zero-order valence-corrected chi connectivity index (χ0v) is 18.4. The fourth-order valence-corrected chi connectivity index (χ4v) is 5.39. The summed E-state index contributed by atoms with van der Waals surface area (Å²) in [5.41, 5.74) is 0. The number of piperidine rings is 1. The number of nitrogens with one attached hydrogen (secondary N) is 1. The van der Waals surface area contributed by atoms with E-state index in [0.29, 0.717) is 36.4 Å². The summed E-state index contributed by atoms with van der Waals surface area (Å²) in [5, 5.41) is 4.99. The van der Waals surface area contributed by atoms with Crippen molar-refractivity contribution in [3.63, 3.8) is 0 Å². The molecule has 1 aliphatic rings. The first-order valence-corrected chi connectivity index (χ1v) is 11.9. The molecule has 0 amide bonds. The van der Waals surface area contributed by atoms with Crippen LogP contribution in [0.15, 0.2) is 26.7 Å². The fourth-order valence-electron chi connectivity index (χ4n) is 3.03. The van der Waals surface area contributed by atoms with Crippen LogP contribution < -0.4 is 5.32 Å². The summed E-state index contributed by atoms with van der Waals surface area (Å²) in [6, 6.07) is 3.33. The molecule has 0 unspecified atom stereocenters. The maximum absolute atomic E-state index is 12.5. The number of carbonyl (C=O) groups is 1. The quantitative estimate of drug-likeness (QED) is 0.383. The zero-order valence-electron chi connectivity index (χ0n) is 16.8. The minimum absolute atomic E-state index is 0.153. The van der Waals surface area contributed by atoms with Gasteiger partial charge in [0, 0.05) is 33.2 Å². The third-order valence-corrected chi connectivity index (χ3v) is 7.74. The number of likely N-dealkylation sites (N-methyl/N-ethyl adjacent to an activating group) is 1. The fraction of sp³-hybridized carbons (Fsp3) is 0.667. The van der Waals surface area contributed by atoms with E-state index in [1.165, 1.54) is 15.6 Å². The lowest BCUT2D eigenvalue weighted by Gasteiger charge is -2.34. The van der Waals surface area contributed by atoms with E-state index in [0.717, 1.165) is 19.4 Å². The van der Waals surface area contributed by atoms with Crippen molar-refractivity contribution in [3.05, 3.63) is 17.5 Å². The van der Waals surface area contributed by atoms with Gasteiger partial charge in [0.1, 0.15) is 4.21 Å². The largest absolute Gasteiger partial charge is 0.466 e. The molecular formula is C18H30N4O4S2. The summed E-state index contributed by atoms with van der Waals surface area (Å²) in [6.45, 7) is 6.87. The Morgan fingerprint density at radius 1 is 1.46 bits per heavy atom. The van der Waals surface area contributed by atoms with Crippen LogP contribution in [-0.2, 0) is 19.6 Å². The van der Waals surface area contributed by atoms with E-state index in [1.807, 2.05) is 13.8 Å². The maximum Gasteiger partial charge on any atom is 0.310 e. The first kappa shape index (κ1) is 22.6. The lowest BCUT2D eigenvalue weighted by Crippen LogP contribution is -2.48. The van der Waals surface area contributed by atoms with Crippen LogP contribution in [-0.4, -0.2) is 75.9 Å². The van der Waals surface area contributed by atoms with Crippen molar-refractivity contribution < 1.29 is 17.9 Å². The van der Waals surface area contributed by atoms with Crippen molar-refractivity contribution in [2.45, 2.75) is 30.9 Å². The Bertz CT molecular complexity index is 750. The van der Waals surface area contributed by atoms with E-state index in [2.05, 4.69) is 15.2 Å². The molecule has 0 saturated carbocycles. The molecule has 0 bridgehead atoms. The Hall–Kier alpha value is -1.65. The van der Waals surface area contributed by atoms with Gasteiger partial charge in [-0.15, -0.1) is 11.3 Å².